The van der Waals surface area contributed by atoms with Crippen LogP contribution in [-0.4, -0.2) is 47.1 Å². The fraction of sp³-hybridized carbons (Fsp3) is 0.571. The topological polar surface area (TPSA) is 58.3 Å². The van der Waals surface area contributed by atoms with Gasteiger partial charge in [0.1, 0.15) is 0 Å². The fourth-order valence-corrected chi connectivity index (χ4v) is 5.57. The minimum absolute atomic E-state index is 0.215. The number of hydrogen-bond acceptors (Lipinski definition) is 4. The highest BCUT2D eigenvalue weighted by Crippen LogP contribution is 2.33. The summed E-state index contributed by atoms with van der Waals surface area (Å²) in [4.78, 5) is 15.9. The number of nitrogens with zero attached hydrogens (tertiary/aromatic N) is 3. The number of rotatable bonds is 9. The Bertz CT molecular complexity index is 1030. The smallest absolute Gasteiger partial charge is 0.178 e. The summed E-state index contributed by atoms with van der Waals surface area (Å²) in [5.41, 5.74) is 4.96. The van der Waals surface area contributed by atoms with E-state index < -0.39 is 0 Å². The zero-order valence-electron chi connectivity index (χ0n) is 20.6. The molecule has 0 amide bonds. The van der Waals surface area contributed by atoms with Gasteiger partial charge in [0, 0.05) is 40.1 Å². The average molecular weight is 448 g/mol. The Morgan fingerprint density at radius 3 is 2.58 bits per heavy atom. The van der Waals surface area contributed by atoms with Gasteiger partial charge in [-0.05, 0) is 82.7 Å². The van der Waals surface area contributed by atoms with Gasteiger partial charge in [0.15, 0.2) is 5.78 Å². The molecule has 176 valence electrons. The van der Waals surface area contributed by atoms with Crippen molar-refractivity contribution in [3.63, 3.8) is 0 Å². The molecule has 0 aliphatic carbocycles. The highest BCUT2D eigenvalue weighted by atomic mass is 16.5. The number of benzene rings is 1. The molecule has 2 unspecified atom stereocenters. The van der Waals surface area contributed by atoms with Crippen LogP contribution >= 0.6 is 0 Å². The maximum atomic E-state index is 13.5. The number of nitriles is 1. The number of carbonyl (C=O) groups is 1. The first-order valence-corrected chi connectivity index (χ1v) is 12.4. The monoisotopic (exact) mass is 447 g/mol. The van der Waals surface area contributed by atoms with E-state index in [9.17, 15) is 10.1 Å². The van der Waals surface area contributed by atoms with Crippen LogP contribution in [0.3, 0.4) is 0 Å². The number of ketones is 1. The molecule has 1 aromatic carbocycles. The summed E-state index contributed by atoms with van der Waals surface area (Å²) < 4.78 is 7.64. The highest BCUT2D eigenvalue weighted by molar-refractivity contribution is 5.99. The Morgan fingerprint density at radius 1 is 1.24 bits per heavy atom. The van der Waals surface area contributed by atoms with Crippen LogP contribution in [0.4, 0.5) is 0 Å². The van der Waals surface area contributed by atoms with E-state index in [4.69, 9.17) is 4.74 Å². The van der Waals surface area contributed by atoms with Crippen molar-refractivity contribution in [2.24, 2.45) is 5.41 Å². The van der Waals surface area contributed by atoms with Crippen LogP contribution in [0, 0.1) is 23.7 Å². The van der Waals surface area contributed by atoms with Crippen molar-refractivity contribution < 1.29 is 9.53 Å². The minimum Gasteiger partial charge on any atom is -0.380 e. The fourth-order valence-electron chi connectivity index (χ4n) is 5.57. The zero-order chi connectivity index (χ0) is 23.6. The average Bonchev–Trinajstić information content (AvgIpc) is 3.31. The van der Waals surface area contributed by atoms with Crippen LogP contribution in [0.25, 0.3) is 5.69 Å². The first-order chi connectivity index (χ1) is 15.8. The molecule has 0 saturated carbocycles. The van der Waals surface area contributed by atoms with Crippen LogP contribution in [-0.2, 0) is 11.2 Å². The van der Waals surface area contributed by atoms with Crippen molar-refractivity contribution in [3.8, 4) is 11.8 Å². The second-order valence-corrected chi connectivity index (χ2v) is 10.4. The molecule has 5 nitrogen and oxygen atoms in total. The molecule has 1 aromatic heterocycles. The van der Waals surface area contributed by atoms with Crippen LogP contribution in [0.5, 0.6) is 0 Å². The molecule has 5 heteroatoms. The normalized spacial score (nSPS) is 22.2. The molecule has 0 spiro atoms. The van der Waals surface area contributed by atoms with Crippen LogP contribution < -0.4 is 0 Å². The molecule has 2 fully saturated rings. The standard InChI is InChI=1S/C28H37N3O2/c1-5-23-11-8-20(2)30(23)17-27(32)26-15-25(7-6-14-28(4)18-33-19-28)31(21(26)3)24-12-9-22(16-29)10-13-24/h9-10,12-13,15,20,23H,5-8,11,14,17-19H2,1-4H3. The summed E-state index contributed by atoms with van der Waals surface area (Å²) >= 11 is 0. The number of aryl methyl sites for hydroxylation is 1. The van der Waals surface area contributed by atoms with E-state index in [0.717, 1.165) is 55.8 Å². The van der Waals surface area contributed by atoms with Crippen LogP contribution in [0.2, 0.25) is 0 Å². The first-order valence-electron chi connectivity index (χ1n) is 12.4. The van der Waals surface area contributed by atoms with E-state index >= 15 is 0 Å². The number of likely N-dealkylation sites (tertiary alicyclic amines) is 1. The van der Waals surface area contributed by atoms with E-state index in [2.05, 4.69) is 49.3 Å². The highest BCUT2D eigenvalue weighted by Gasteiger charge is 2.33. The van der Waals surface area contributed by atoms with Gasteiger partial charge in [0.2, 0.25) is 0 Å². The molecular formula is C28H37N3O2. The van der Waals surface area contributed by atoms with E-state index in [1.807, 2.05) is 24.3 Å². The van der Waals surface area contributed by atoms with E-state index in [0.29, 0.717) is 29.6 Å². The second-order valence-electron chi connectivity index (χ2n) is 10.4. The molecule has 0 radical (unpaired) electrons. The van der Waals surface area contributed by atoms with Gasteiger partial charge in [-0.1, -0.05) is 13.8 Å². The van der Waals surface area contributed by atoms with Crippen LogP contribution in [0.15, 0.2) is 30.3 Å². The van der Waals surface area contributed by atoms with Gasteiger partial charge < -0.3 is 9.30 Å². The predicted molar refractivity (Wildman–Crippen MR) is 131 cm³/mol. The lowest BCUT2D eigenvalue weighted by Gasteiger charge is -2.38. The minimum atomic E-state index is 0.215. The summed E-state index contributed by atoms with van der Waals surface area (Å²) in [6, 6.07) is 13.0. The maximum Gasteiger partial charge on any atom is 0.178 e. The van der Waals surface area contributed by atoms with Gasteiger partial charge in [-0.2, -0.15) is 5.26 Å². The number of carbonyl (C=O) groups excluding carboxylic acids is 1. The van der Waals surface area contributed by atoms with Crippen molar-refractivity contribution in [1.29, 1.82) is 5.26 Å². The molecule has 33 heavy (non-hydrogen) atoms. The third kappa shape index (κ3) is 4.93. The second kappa shape index (κ2) is 9.83. The molecule has 2 aliphatic heterocycles. The van der Waals surface area contributed by atoms with E-state index in [-0.39, 0.29) is 5.78 Å². The first kappa shape index (κ1) is 23.7. The van der Waals surface area contributed by atoms with Gasteiger partial charge in [-0.25, -0.2) is 0 Å². The Hall–Kier alpha value is -2.42. The Kier molecular flexibility index (Phi) is 7.07. The van der Waals surface area contributed by atoms with Gasteiger partial charge in [-0.15, -0.1) is 0 Å². The lowest BCUT2D eigenvalue weighted by molar-refractivity contribution is -0.106. The Balaban J connectivity index is 1.60. The summed E-state index contributed by atoms with van der Waals surface area (Å²) in [5.74, 6) is 0.215. The van der Waals surface area contributed by atoms with Crippen molar-refractivity contribution in [3.05, 3.63) is 52.8 Å². The van der Waals surface area contributed by atoms with E-state index in [1.165, 1.54) is 18.5 Å². The molecular weight excluding hydrogens is 410 g/mol. The summed E-state index contributed by atoms with van der Waals surface area (Å²) in [6.45, 7) is 11.0. The summed E-state index contributed by atoms with van der Waals surface area (Å²) in [5, 5.41) is 9.19. The quantitative estimate of drug-likeness (QED) is 0.479. The molecule has 3 heterocycles. The van der Waals surface area contributed by atoms with E-state index in [1.54, 1.807) is 0 Å². The molecule has 2 aromatic rings. The summed E-state index contributed by atoms with van der Waals surface area (Å²) in [7, 11) is 0. The van der Waals surface area contributed by atoms with Gasteiger partial charge in [0.25, 0.3) is 0 Å². The largest absolute Gasteiger partial charge is 0.380 e. The van der Waals surface area contributed by atoms with Crippen LogP contribution in [0.1, 0.15) is 80.2 Å². The SMILES string of the molecule is CCC1CCC(C)N1CC(=O)c1cc(CCCC2(C)COC2)n(-c2ccc(C#N)cc2)c1C. The third-order valence-electron chi connectivity index (χ3n) is 7.74. The Morgan fingerprint density at radius 2 is 1.97 bits per heavy atom. The maximum absolute atomic E-state index is 13.5. The van der Waals surface area contributed by atoms with Gasteiger partial charge in [-0.3, -0.25) is 9.69 Å². The lowest BCUT2D eigenvalue weighted by atomic mass is 9.83. The number of ether oxygens (including phenoxy) is 1. The Labute approximate surface area is 198 Å². The molecule has 0 bridgehead atoms. The van der Waals surface area contributed by atoms with Gasteiger partial charge >= 0.3 is 0 Å². The van der Waals surface area contributed by atoms with Crippen molar-refractivity contribution >= 4 is 5.78 Å². The molecule has 0 N–H and O–H groups in total. The number of aromatic nitrogens is 1. The zero-order valence-corrected chi connectivity index (χ0v) is 20.6. The van der Waals surface area contributed by atoms with Crippen molar-refractivity contribution in [2.45, 2.75) is 78.3 Å². The number of hydrogen-bond donors (Lipinski definition) is 0. The van der Waals surface area contributed by atoms with Crippen molar-refractivity contribution in [1.82, 2.24) is 9.47 Å². The molecule has 2 atom stereocenters. The van der Waals surface area contributed by atoms with Crippen molar-refractivity contribution in [2.75, 3.05) is 19.8 Å². The van der Waals surface area contributed by atoms with Gasteiger partial charge in [0.05, 0.1) is 31.4 Å². The summed E-state index contributed by atoms with van der Waals surface area (Å²) in [6.07, 6.45) is 6.55. The lowest BCUT2D eigenvalue weighted by Crippen LogP contribution is -2.39. The molecule has 4 rings (SSSR count). The third-order valence-corrected chi connectivity index (χ3v) is 7.74. The number of Topliss-reactive ketones (excluding diaryl/α,β-unsaturated/α-hetero) is 1. The predicted octanol–water partition coefficient (Wildman–Crippen LogP) is 5.46. The molecule has 2 saturated heterocycles. The molecule has 2 aliphatic rings.